The monoisotopic (exact) mass is 326 g/mol. The summed E-state index contributed by atoms with van der Waals surface area (Å²) in [4.78, 5) is 11.2. The SMILES string of the molecule is CCOC(=O)C(Cl)Cc1cc(Br)c(F)cc1F. The Kier molecular flexibility index (Phi) is 5.33. The van der Waals surface area contributed by atoms with Crippen molar-refractivity contribution in [2.24, 2.45) is 0 Å². The maximum absolute atomic E-state index is 13.4. The average Bonchev–Trinajstić information content (AvgIpc) is 2.26. The fourth-order valence-electron chi connectivity index (χ4n) is 1.23. The lowest BCUT2D eigenvalue weighted by molar-refractivity contribution is -0.142. The van der Waals surface area contributed by atoms with Gasteiger partial charge in [0.25, 0.3) is 0 Å². The summed E-state index contributed by atoms with van der Waals surface area (Å²) in [5, 5.41) is -0.984. The Morgan fingerprint density at radius 2 is 2.12 bits per heavy atom. The Morgan fingerprint density at radius 1 is 1.47 bits per heavy atom. The highest BCUT2D eigenvalue weighted by molar-refractivity contribution is 9.10. The topological polar surface area (TPSA) is 26.3 Å². The van der Waals surface area contributed by atoms with Gasteiger partial charge in [0.15, 0.2) is 0 Å². The minimum Gasteiger partial charge on any atom is -0.465 e. The molecule has 1 aromatic carbocycles. The third kappa shape index (κ3) is 3.92. The first-order valence-electron chi connectivity index (χ1n) is 4.89. The van der Waals surface area contributed by atoms with E-state index in [1.807, 2.05) is 0 Å². The molecule has 2 nitrogen and oxygen atoms in total. The van der Waals surface area contributed by atoms with E-state index in [2.05, 4.69) is 15.9 Å². The summed E-state index contributed by atoms with van der Waals surface area (Å²) in [6.07, 6.45) is -0.0505. The number of rotatable bonds is 4. The van der Waals surface area contributed by atoms with Gasteiger partial charge in [-0.15, -0.1) is 11.6 Å². The molecule has 0 saturated carbocycles. The molecule has 1 atom stereocenters. The van der Waals surface area contributed by atoms with Crippen LogP contribution in [0.3, 0.4) is 0 Å². The Bertz CT molecular complexity index is 426. The molecule has 6 heteroatoms. The van der Waals surface area contributed by atoms with Crippen LogP contribution in [0.15, 0.2) is 16.6 Å². The molecule has 0 saturated heterocycles. The molecule has 1 unspecified atom stereocenters. The number of alkyl halides is 1. The molecule has 0 amide bonds. The highest BCUT2D eigenvalue weighted by Crippen LogP contribution is 2.22. The van der Waals surface area contributed by atoms with Crippen LogP contribution in [0.25, 0.3) is 0 Å². The van der Waals surface area contributed by atoms with Gasteiger partial charge >= 0.3 is 5.97 Å². The summed E-state index contributed by atoms with van der Waals surface area (Å²) < 4.78 is 31.2. The molecule has 94 valence electrons. The zero-order valence-corrected chi connectivity index (χ0v) is 11.3. The first-order valence-corrected chi connectivity index (χ1v) is 6.12. The molecule has 1 aromatic rings. The van der Waals surface area contributed by atoms with Crippen LogP contribution in [0.4, 0.5) is 8.78 Å². The van der Waals surface area contributed by atoms with Gasteiger partial charge in [-0.2, -0.15) is 0 Å². The van der Waals surface area contributed by atoms with Crippen molar-refractivity contribution in [3.63, 3.8) is 0 Å². The number of hydrogen-bond donors (Lipinski definition) is 0. The van der Waals surface area contributed by atoms with Gasteiger partial charge in [0.05, 0.1) is 11.1 Å². The number of carbonyl (C=O) groups is 1. The van der Waals surface area contributed by atoms with E-state index in [9.17, 15) is 13.6 Å². The van der Waals surface area contributed by atoms with Gasteiger partial charge < -0.3 is 4.74 Å². The Balaban J connectivity index is 2.81. The number of hydrogen-bond acceptors (Lipinski definition) is 2. The summed E-state index contributed by atoms with van der Waals surface area (Å²) in [7, 11) is 0. The van der Waals surface area contributed by atoms with Gasteiger partial charge in [0, 0.05) is 12.5 Å². The largest absolute Gasteiger partial charge is 0.465 e. The minimum absolute atomic E-state index is 0.0505. The van der Waals surface area contributed by atoms with E-state index in [1.165, 1.54) is 6.07 Å². The molecule has 0 radical (unpaired) electrons. The smallest absolute Gasteiger partial charge is 0.324 e. The third-order valence-electron chi connectivity index (χ3n) is 2.03. The van der Waals surface area contributed by atoms with Gasteiger partial charge in [-0.1, -0.05) is 0 Å². The van der Waals surface area contributed by atoms with Crippen LogP contribution in [-0.2, 0) is 16.0 Å². The molecular weight excluding hydrogens is 317 g/mol. The van der Waals surface area contributed by atoms with E-state index >= 15 is 0 Å². The number of carbonyl (C=O) groups excluding carboxylic acids is 1. The molecule has 0 fully saturated rings. The van der Waals surface area contributed by atoms with Crippen molar-refractivity contribution < 1.29 is 18.3 Å². The Morgan fingerprint density at radius 3 is 2.71 bits per heavy atom. The summed E-state index contributed by atoms with van der Waals surface area (Å²) in [6, 6.07) is 2.01. The summed E-state index contributed by atoms with van der Waals surface area (Å²) in [6.45, 7) is 1.86. The molecule has 0 heterocycles. The molecule has 1 rings (SSSR count). The average molecular weight is 328 g/mol. The second-order valence-corrected chi connectivity index (χ2v) is 4.66. The van der Waals surface area contributed by atoms with E-state index < -0.39 is 23.0 Å². The summed E-state index contributed by atoms with van der Waals surface area (Å²) >= 11 is 8.70. The minimum atomic E-state index is -0.984. The molecule has 0 aliphatic rings. The normalized spacial score (nSPS) is 12.3. The van der Waals surface area contributed by atoms with Gasteiger partial charge in [-0.3, -0.25) is 4.79 Å². The van der Waals surface area contributed by atoms with E-state index in [4.69, 9.17) is 16.3 Å². The van der Waals surface area contributed by atoms with Crippen molar-refractivity contribution >= 4 is 33.5 Å². The molecule has 0 bridgehead atoms. The lowest BCUT2D eigenvalue weighted by Gasteiger charge is -2.10. The molecule has 0 aliphatic heterocycles. The predicted molar refractivity (Wildman–Crippen MR) is 64.0 cm³/mol. The van der Waals surface area contributed by atoms with Crippen molar-refractivity contribution in [2.45, 2.75) is 18.7 Å². The predicted octanol–water partition coefficient (Wildman–Crippen LogP) is 3.44. The maximum Gasteiger partial charge on any atom is 0.324 e. The van der Waals surface area contributed by atoms with Crippen LogP contribution >= 0.6 is 27.5 Å². The second kappa shape index (κ2) is 6.31. The number of benzene rings is 1. The van der Waals surface area contributed by atoms with Gasteiger partial charge in [0.1, 0.15) is 17.0 Å². The highest BCUT2D eigenvalue weighted by atomic mass is 79.9. The first-order chi connectivity index (χ1) is 7.95. The number of ether oxygens (including phenoxy) is 1. The lowest BCUT2D eigenvalue weighted by atomic mass is 10.1. The van der Waals surface area contributed by atoms with Crippen LogP contribution in [0.2, 0.25) is 0 Å². The lowest BCUT2D eigenvalue weighted by Crippen LogP contribution is -2.20. The molecule has 0 spiro atoms. The van der Waals surface area contributed by atoms with Gasteiger partial charge in [-0.25, -0.2) is 8.78 Å². The summed E-state index contributed by atoms with van der Waals surface area (Å²) in [5.41, 5.74) is 0.159. The standard InChI is InChI=1S/C11H10BrClF2O2/c1-2-17-11(16)8(13)4-6-3-7(12)10(15)5-9(6)14/h3,5,8H,2,4H2,1H3. The quantitative estimate of drug-likeness (QED) is 0.481. The molecule has 0 aromatic heterocycles. The van der Waals surface area contributed by atoms with E-state index in [1.54, 1.807) is 6.92 Å². The van der Waals surface area contributed by atoms with E-state index in [0.717, 1.165) is 6.07 Å². The molecule has 0 N–H and O–H groups in total. The van der Waals surface area contributed by atoms with Gasteiger partial charge in [0.2, 0.25) is 0 Å². The van der Waals surface area contributed by atoms with Gasteiger partial charge in [-0.05, 0) is 34.5 Å². The Labute approximate surface area is 111 Å². The number of esters is 1. The van der Waals surface area contributed by atoms with Crippen molar-refractivity contribution in [3.8, 4) is 0 Å². The fraction of sp³-hybridized carbons (Fsp3) is 0.364. The van der Waals surface area contributed by atoms with Crippen molar-refractivity contribution in [1.82, 2.24) is 0 Å². The second-order valence-electron chi connectivity index (χ2n) is 3.28. The van der Waals surface area contributed by atoms with Crippen LogP contribution < -0.4 is 0 Å². The third-order valence-corrected chi connectivity index (χ3v) is 2.97. The first kappa shape index (κ1) is 14.4. The van der Waals surface area contributed by atoms with E-state index in [0.29, 0.717) is 0 Å². The Hall–Kier alpha value is -0.680. The number of halogens is 4. The van der Waals surface area contributed by atoms with Crippen molar-refractivity contribution in [1.29, 1.82) is 0 Å². The van der Waals surface area contributed by atoms with Crippen LogP contribution in [0, 0.1) is 11.6 Å². The van der Waals surface area contributed by atoms with Crippen LogP contribution in [-0.4, -0.2) is 18.0 Å². The maximum atomic E-state index is 13.4. The molecule has 0 aliphatic carbocycles. The summed E-state index contributed by atoms with van der Waals surface area (Å²) in [5.74, 6) is -2.05. The fourth-order valence-corrected chi connectivity index (χ4v) is 1.85. The van der Waals surface area contributed by atoms with Crippen molar-refractivity contribution in [3.05, 3.63) is 33.8 Å². The van der Waals surface area contributed by atoms with Crippen molar-refractivity contribution in [2.75, 3.05) is 6.61 Å². The highest BCUT2D eigenvalue weighted by Gasteiger charge is 2.19. The zero-order valence-electron chi connectivity index (χ0n) is 8.97. The van der Waals surface area contributed by atoms with E-state index in [-0.39, 0.29) is 23.1 Å². The van der Waals surface area contributed by atoms with Crippen LogP contribution in [0.1, 0.15) is 12.5 Å². The molecular formula is C11H10BrClF2O2. The molecule has 17 heavy (non-hydrogen) atoms. The van der Waals surface area contributed by atoms with Crippen LogP contribution in [0.5, 0.6) is 0 Å². The zero-order chi connectivity index (χ0) is 13.0.